The summed E-state index contributed by atoms with van der Waals surface area (Å²) in [5.41, 5.74) is 0. The van der Waals surface area contributed by atoms with Crippen LogP contribution in [0.25, 0.3) is 0 Å². The van der Waals surface area contributed by atoms with Gasteiger partial charge in [-0.1, -0.05) is 19.0 Å². The maximum absolute atomic E-state index is 5.94. The van der Waals surface area contributed by atoms with Crippen molar-refractivity contribution in [3.05, 3.63) is 11.7 Å². The maximum atomic E-state index is 5.94. The minimum Gasteiger partial charge on any atom is -0.381 e. The molecule has 0 aromatic carbocycles. The van der Waals surface area contributed by atoms with E-state index in [0.29, 0.717) is 30.7 Å². The van der Waals surface area contributed by atoms with Gasteiger partial charge in [-0.2, -0.15) is 4.98 Å². The fourth-order valence-electron chi connectivity index (χ4n) is 3.53. The third kappa shape index (κ3) is 3.67. The lowest BCUT2D eigenvalue weighted by molar-refractivity contribution is -0.117. The van der Waals surface area contributed by atoms with Gasteiger partial charge in [0.25, 0.3) is 0 Å². The number of aromatic nitrogens is 2. The molecule has 0 radical (unpaired) electrons. The second-order valence-corrected chi connectivity index (χ2v) is 6.82. The highest BCUT2D eigenvalue weighted by atomic mass is 16.5. The lowest BCUT2D eigenvalue weighted by atomic mass is 9.88. The summed E-state index contributed by atoms with van der Waals surface area (Å²) in [6, 6.07) is 0.396. The highest BCUT2D eigenvalue weighted by molar-refractivity contribution is 4.94. The summed E-state index contributed by atoms with van der Waals surface area (Å²) in [6.07, 6.45) is 4.70. The predicted molar refractivity (Wildman–Crippen MR) is 81.4 cm³/mol. The number of ether oxygens (including phenoxy) is 2. The van der Waals surface area contributed by atoms with Crippen LogP contribution < -0.4 is 0 Å². The van der Waals surface area contributed by atoms with Gasteiger partial charge < -0.3 is 14.0 Å². The molecule has 1 aromatic heterocycles. The fourth-order valence-corrected chi connectivity index (χ4v) is 3.53. The van der Waals surface area contributed by atoms with E-state index >= 15 is 0 Å². The molecule has 6 heteroatoms. The monoisotopic (exact) mass is 309 g/mol. The lowest BCUT2D eigenvalue weighted by Crippen LogP contribution is -2.54. The molecule has 0 amide bonds. The zero-order valence-corrected chi connectivity index (χ0v) is 13.8. The van der Waals surface area contributed by atoms with Crippen LogP contribution >= 0.6 is 0 Å². The van der Waals surface area contributed by atoms with E-state index in [9.17, 15) is 0 Å². The highest BCUT2D eigenvalue weighted by Crippen LogP contribution is 2.30. The van der Waals surface area contributed by atoms with Crippen LogP contribution in [0.5, 0.6) is 0 Å². The minimum atomic E-state index is 0.318. The number of nitrogens with zero attached hydrogens (tertiary/aromatic N) is 3. The molecule has 3 rings (SSSR count). The Bertz CT molecular complexity index is 477. The summed E-state index contributed by atoms with van der Waals surface area (Å²) in [7, 11) is 1.80. The molecule has 1 saturated heterocycles. The molecule has 22 heavy (non-hydrogen) atoms. The van der Waals surface area contributed by atoms with E-state index in [1.165, 1.54) is 0 Å². The van der Waals surface area contributed by atoms with E-state index in [4.69, 9.17) is 14.0 Å². The summed E-state index contributed by atoms with van der Waals surface area (Å²) >= 11 is 0. The minimum absolute atomic E-state index is 0.318. The molecular formula is C16H27N3O3. The molecule has 0 unspecified atom stereocenters. The van der Waals surface area contributed by atoms with Gasteiger partial charge in [0.15, 0.2) is 5.82 Å². The van der Waals surface area contributed by atoms with E-state index in [1.807, 2.05) is 0 Å². The average molecular weight is 309 g/mol. The molecule has 1 aliphatic heterocycles. The van der Waals surface area contributed by atoms with Crippen molar-refractivity contribution in [1.29, 1.82) is 0 Å². The zero-order valence-electron chi connectivity index (χ0n) is 13.8. The molecule has 0 N–H and O–H groups in total. The van der Waals surface area contributed by atoms with Gasteiger partial charge >= 0.3 is 0 Å². The number of rotatable bonds is 5. The first kappa shape index (κ1) is 15.9. The van der Waals surface area contributed by atoms with Crippen LogP contribution in [-0.4, -0.2) is 53.6 Å². The van der Waals surface area contributed by atoms with Crippen LogP contribution in [0.3, 0.4) is 0 Å². The smallest absolute Gasteiger partial charge is 0.240 e. The summed E-state index contributed by atoms with van der Waals surface area (Å²) in [5, 5.41) is 4.09. The van der Waals surface area contributed by atoms with Gasteiger partial charge in [0.2, 0.25) is 5.89 Å². The van der Waals surface area contributed by atoms with Crippen molar-refractivity contribution >= 4 is 0 Å². The molecule has 2 aliphatic rings. The zero-order chi connectivity index (χ0) is 15.5. The van der Waals surface area contributed by atoms with E-state index in [1.54, 1.807) is 7.11 Å². The van der Waals surface area contributed by atoms with E-state index in [2.05, 4.69) is 28.9 Å². The Labute approximate surface area is 132 Å². The first-order valence-electron chi connectivity index (χ1n) is 8.35. The van der Waals surface area contributed by atoms with Gasteiger partial charge in [0.05, 0.1) is 25.4 Å². The molecule has 2 heterocycles. The quantitative estimate of drug-likeness (QED) is 0.829. The van der Waals surface area contributed by atoms with E-state index < -0.39 is 0 Å². The lowest BCUT2D eigenvalue weighted by Gasteiger charge is -2.45. The molecule has 2 fully saturated rings. The highest BCUT2D eigenvalue weighted by Gasteiger charge is 2.38. The Kier molecular flexibility index (Phi) is 5.10. The molecule has 1 aliphatic carbocycles. The van der Waals surface area contributed by atoms with Crippen LogP contribution in [0.2, 0.25) is 0 Å². The Morgan fingerprint density at radius 3 is 3.00 bits per heavy atom. The van der Waals surface area contributed by atoms with Gasteiger partial charge in [0.1, 0.15) is 0 Å². The topological polar surface area (TPSA) is 60.6 Å². The first-order valence-corrected chi connectivity index (χ1v) is 8.35. The molecule has 1 aromatic rings. The summed E-state index contributed by atoms with van der Waals surface area (Å²) in [4.78, 5) is 6.95. The van der Waals surface area contributed by atoms with Crippen LogP contribution in [0.4, 0.5) is 0 Å². The van der Waals surface area contributed by atoms with Gasteiger partial charge in [-0.25, -0.2) is 0 Å². The van der Waals surface area contributed by atoms with Crippen molar-refractivity contribution < 1.29 is 14.0 Å². The fraction of sp³-hybridized carbons (Fsp3) is 0.875. The molecule has 1 saturated carbocycles. The standard InChI is InChI=1S/C16H27N3O3/c1-11(2)8-15-17-16(22-18-15)10-19-6-7-21-14-5-4-12(20-3)9-13(14)19/h11-14H,4-10H2,1-3H3/t12-,13+,14+/m1/s1. The van der Waals surface area contributed by atoms with Crippen LogP contribution in [0, 0.1) is 5.92 Å². The number of fused-ring (bicyclic) bond motifs is 1. The van der Waals surface area contributed by atoms with Crippen molar-refractivity contribution in [2.45, 2.75) is 64.3 Å². The largest absolute Gasteiger partial charge is 0.381 e. The van der Waals surface area contributed by atoms with E-state index in [-0.39, 0.29) is 0 Å². The summed E-state index contributed by atoms with van der Waals surface area (Å²) in [5.74, 6) is 2.07. The van der Waals surface area contributed by atoms with Gasteiger partial charge in [-0.15, -0.1) is 0 Å². The Morgan fingerprint density at radius 1 is 1.36 bits per heavy atom. The first-order chi connectivity index (χ1) is 10.7. The van der Waals surface area contributed by atoms with Crippen molar-refractivity contribution in [2.75, 3.05) is 20.3 Å². The van der Waals surface area contributed by atoms with Crippen molar-refractivity contribution in [1.82, 2.24) is 15.0 Å². The third-order valence-electron chi connectivity index (χ3n) is 4.66. The molecule has 0 spiro atoms. The maximum Gasteiger partial charge on any atom is 0.240 e. The van der Waals surface area contributed by atoms with Crippen molar-refractivity contribution in [3.63, 3.8) is 0 Å². The number of methoxy groups -OCH3 is 1. The third-order valence-corrected chi connectivity index (χ3v) is 4.66. The number of hydrogen-bond donors (Lipinski definition) is 0. The van der Waals surface area contributed by atoms with Gasteiger partial charge in [-0.05, 0) is 25.2 Å². The summed E-state index contributed by atoms with van der Waals surface area (Å²) in [6.45, 7) is 6.74. The predicted octanol–water partition coefficient (Wildman–Crippen LogP) is 2.04. The van der Waals surface area contributed by atoms with Crippen molar-refractivity contribution in [3.8, 4) is 0 Å². The Morgan fingerprint density at radius 2 is 2.23 bits per heavy atom. The molecule has 0 bridgehead atoms. The molecular weight excluding hydrogens is 282 g/mol. The molecule has 3 atom stereocenters. The van der Waals surface area contributed by atoms with E-state index in [0.717, 1.165) is 50.6 Å². The van der Waals surface area contributed by atoms with Crippen molar-refractivity contribution in [2.24, 2.45) is 5.92 Å². The molecule has 6 nitrogen and oxygen atoms in total. The normalized spacial score (nSPS) is 29.7. The van der Waals surface area contributed by atoms with Gasteiger partial charge in [0, 0.05) is 26.1 Å². The second-order valence-electron chi connectivity index (χ2n) is 6.82. The van der Waals surface area contributed by atoms with Crippen LogP contribution in [0.15, 0.2) is 4.52 Å². The number of hydrogen-bond acceptors (Lipinski definition) is 6. The van der Waals surface area contributed by atoms with Crippen LogP contribution in [-0.2, 0) is 22.4 Å². The van der Waals surface area contributed by atoms with Crippen LogP contribution in [0.1, 0.15) is 44.8 Å². The average Bonchev–Trinajstić information content (AvgIpc) is 2.93. The summed E-state index contributed by atoms with van der Waals surface area (Å²) < 4.78 is 16.9. The molecule has 124 valence electrons. The second kappa shape index (κ2) is 7.06. The SMILES string of the molecule is CO[C@@H]1CC[C@@H]2OCCN(Cc3nc(CC(C)C)no3)[C@H]2C1. The Balaban J connectivity index is 1.64. The Hall–Kier alpha value is -0.980. The number of morpholine rings is 1. The van der Waals surface area contributed by atoms with Gasteiger partial charge in [-0.3, -0.25) is 4.90 Å².